The van der Waals surface area contributed by atoms with E-state index in [4.69, 9.17) is 4.74 Å². The first-order chi connectivity index (χ1) is 17.5. The Morgan fingerprint density at radius 2 is 1.75 bits per heavy atom. The largest absolute Gasteiger partial charge is 0.396 e. The zero-order chi connectivity index (χ0) is 25.3. The number of carbonyl (C=O) groups excluding carboxylic acids is 3. The molecule has 1 spiro atoms. The lowest BCUT2D eigenvalue weighted by molar-refractivity contribution is -0.146. The molecule has 5 rings (SSSR count). The van der Waals surface area contributed by atoms with E-state index in [0.29, 0.717) is 37.9 Å². The highest BCUT2D eigenvalue weighted by Crippen LogP contribution is 2.64. The van der Waals surface area contributed by atoms with Crippen molar-refractivity contribution in [1.29, 1.82) is 0 Å². The molecular weight excluding hydrogens is 458 g/mol. The summed E-state index contributed by atoms with van der Waals surface area (Å²) >= 11 is 0. The molecule has 0 radical (unpaired) electrons. The molecule has 5 atom stereocenters. The zero-order valence-electron chi connectivity index (χ0n) is 20.5. The maximum absolute atomic E-state index is 13.9. The first-order valence-electron chi connectivity index (χ1n) is 12.7. The van der Waals surface area contributed by atoms with E-state index in [9.17, 15) is 19.5 Å². The number of hydrogen-bond acceptors (Lipinski definition) is 5. The van der Waals surface area contributed by atoms with Crippen molar-refractivity contribution in [2.24, 2.45) is 11.8 Å². The van der Waals surface area contributed by atoms with Gasteiger partial charge < -0.3 is 25.4 Å². The van der Waals surface area contributed by atoms with Gasteiger partial charge in [0.15, 0.2) is 0 Å². The van der Waals surface area contributed by atoms with E-state index in [0.717, 1.165) is 5.56 Å². The number of amides is 3. The molecule has 2 bridgehead atoms. The van der Waals surface area contributed by atoms with Gasteiger partial charge in [0, 0.05) is 25.4 Å². The van der Waals surface area contributed by atoms with Gasteiger partial charge in [-0.3, -0.25) is 14.4 Å². The summed E-state index contributed by atoms with van der Waals surface area (Å²) in [5.74, 6) is -2.24. The van der Waals surface area contributed by atoms with E-state index in [2.05, 4.69) is 10.6 Å². The van der Waals surface area contributed by atoms with Crippen LogP contribution in [-0.2, 0) is 25.7 Å². The predicted molar refractivity (Wildman–Crippen MR) is 134 cm³/mol. The van der Waals surface area contributed by atoms with Crippen LogP contribution in [0.5, 0.6) is 0 Å². The fraction of sp³-hybridized carbons (Fsp3) is 0.464. The smallest absolute Gasteiger partial charge is 0.246 e. The van der Waals surface area contributed by atoms with Crippen molar-refractivity contribution in [2.45, 2.75) is 56.4 Å². The van der Waals surface area contributed by atoms with Crippen LogP contribution in [-0.4, -0.2) is 58.1 Å². The summed E-state index contributed by atoms with van der Waals surface area (Å²) in [5.41, 5.74) is -0.249. The van der Waals surface area contributed by atoms with Crippen molar-refractivity contribution in [2.75, 3.05) is 18.5 Å². The Labute approximate surface area is 211 Å². The Kier molecular flexibility index (Phi) is 6.57. The van der Waals surface area contributed by atoms with E-state index >= 15 is 0 Å². The van der Waals surface area contributed by atoms with Gasteiger partial charge in [0.1, 0.15) is 11.6 Å². The van der Waals surface area contributed by atoms with Crippen LogP contribution in [0, 0.1) is 11.8 Å². The number of likely N-dealkylation sites (tertiary alicyclic amines) is 1. The number of fused-ring (bicyclic) bond motifs is 1. The van der Waals surface area contributed by atoms with Crippen molar-refractivity contribution < 1.29 is 24.2 Å². The molecule has 0 aromatic heterocycles. The van der Waals surface area contributed by atoms with Crippen LogP contribution in [0.1, 0.15) is 38.2 Å². The second-order valence-corrected chi connectivity index (χ2v) is 10.0. The number of anilines is 1. The van der Waals surface area contributed by atoms with Crippen molar-refractivity contribution in [3.05, 3.63) is 66.2 Å². The summed E-state index contributed by atoms with van der Waals surface area (Å²) < 4.78 is 6.71. The third-order valence-corrected chi connectivity index (χ3v) is 8.12. The van der Waals surface area contributed by atoms with Crippen molar-refractivity contribution in [3.8, 4) is 0 Å². The maximum Gasteiger partial charge on any atom is 0.246 e. The monoisotopic (exact) mass is 491 g/mol. The summed E-state index contributed by atoms with van der Waals surface area (Å²) in [6, 6.07) is 17.9. The number of benzene rings is 2. The normalized spacial score (nSPS) is 30.3. The lowest BCUT2D eigenvalue weighted by atomic mass is 9.65. The zero-order valence-corrected chi connectivity index (χ0v) is 20.5. The maximum atomic E-state index is 13.9. The van der Waals surface area contributed by atoms with Gasteiger partial charge in [-0.15, -0.1) is 0 Å². The average Bonchev–Trinajstić information content (AvgIpc) is 3.51. The van der Waals surface area contributed by atoms with Gasteiger partial charge in [0.05, 0.1) is 17.4 Å². The second-order valence-electron chi connectivity index (χ2n) is 10.0. The van der Waals surface area contributed by atoms with Gasteiger partial charge in [-0.05, 0) is 43.4 Å². The van der Waals surface area contributed by atoms with E-state index in [1.54, 1.807) is 0 Å². The molecule has 3 saturated heterocycles. The molecule has 0 saturated carbocycles. The Hall–Kier alpha value is -3.23. The molecular formula is C28H33N3O5. The second kappa shape index (κ2) is 9.67. The Bertz CT molecular complexity index is 1130. The highest BCUT2D eigenvalue weighted by molar-refractivity contribution is 6.02. The van der Waals surface area contributed by atoms with Crippen LogP contribution in [0.25, 0.3) is 0 Å². The third kappa shape index (κ3) is 3.89. The first kappa shape index (κ1) is 24.5. The number of aliphatic hydroxyl groups is 1. The molecule has 190 valence electrons. The summed E-state index contributed by atoms with van der Waals surface area (Å²) in [7, 11) is 0. The Morgan fingerprint density at radius 3 is 2.42 bits per heavy atom. The van der Waals surface area contributed by atoms with Crippen LogP contribution in [0.3, 0.4) is 0 Å². The number of hydrogen-bond donors (Lipinski definition) is 3. The van der Waals surface area contributed by atoms with Crippen LogP contribution in [0.4, 0.5) is 5.69 Å². The van der Waals surface area contributed by atoms with E-state index in [-0.39, 0.29) is 30.9 Å². The molecule has 36 heavy (non-hydrogen) atoms. The highest BCUT2D eigenvalue weighted by Gasteiger charge is 2.78. The molecule has 3 amide bonds. The number of para-hydroxylation sites is 1. The van der Waals surface area contributed by atoms with Crippen molar-refractivity contribution in [3.63, 3.8) is 0 Å². The predicted octanol–water partition coefficient (Wildman–Crippen LogP) is 2.48. The molecule has 2 aromatic carbocycles. The molecule has 3 heterocycles. The van der Waals surface area contributed by atoms with Crippen LogP contribution >= 0.6 is 0 Å². The molecule has 3 fully saturated rings. The minimum absolute atomic E-state index is 0.0997. The Morgan fingerprint density at radius 1 is 1.06 bits per heavy atom. The number of ether oxygens (including phenoxy) is 1. The number of aliphatic hydroxyl groups excluding tert-OH is 1. The van der Waals surface area contributed by atoms with Crippen LogP contribution in [0.2, 0.25) is 0 Å². The molecule has 2 aromatic rings. The lowest BCUT2D eigenvalue weighted by Crippen LogP contribution is -2.55. The molecule has 0 aliphatic carbocycles. The van der Waals surface area contributed by atoms with Crippen LogP contribution < -0.4 is 10.6 Å². The number of nitrogens with zero attached hydrogens (tertiary/aromatic N) is 1. The van der Waals surface area contributed by atoms with Gasteiger partial charge in [-0.2, -0.15) is 0 Å². The van der Waals surface area contributed by atoms with Gasteiger partial charge in [-0.25, -0.2) is 0 Å². The molecule has 8 heteroatoms. The van der Waals surface area contributed by atoms with Crippen LogP contribution in [0.15, 0.2) is 60.7 Å². The molecule has 8 nitrogen and oxygen atoms in total. The molecule has 3 aliphatic heterocycles. The minimum Gasteiger partial charge on any atom is -0.396 e. The highest BCUT2D eigenvalue weighted by atomic mass is 16.5. The fourth-order valence-electron chi connectivity index (χ4n) is 6.52. The number of carbonyl (C=O) groups is 3. The molecule has 3 aliphatic rings. The summed E-state index contributed by atoms with van der Waals surface area (Å²) in [5, 5.41) is 15.4. The average molecular weight is 492 g/mol. The van der Waals surface area contributed by atoms with E-state index in [1.165, 1.54) is 4.90 Å². The lowest BCUT2D eigenvalue weighted by Gasteiger charge is -2.34. The van der Waals surface area contributed by atoms with Gasteiger partial charge >= 0.3 is 0 Å². The third-order valence-electron chi connectivity index (χ3n) is 8.12. The van der Waals surface area contributed by atoms with E-state index in [1.807, 2.05) is 67.6 Å². The van der Waals surface area contributed by atoms with Gasteiger partial charge in [0.25, 0.3) is 0 Å². The quantitative estimate of drug-likeness (QED) is 0.500. The summed E-state index contributed by atoms with van der Waals surface area (Å²) in [4.78, 5) is 42.8. The standard InChI is InChI=1S/C28H33N3O5/c1-2-27-14-15-28(36-27)22(21(27)24(33)30-20-12-7-4-8-13-20)26(35)31(16-9-17-32)23(28)25(34)29-18-19-10-5-3-6-11-19/h3-8,10-13,21-23,32H,2,9,14-18H2,1H3,(H,29,34)(H,30,33)/t21-,22+,23?,27+,28?/m1/s1. The Balaban J connectivity index is 1.47. The van der Waals surface area contributed by atoms with Gasteiger partial charge in [-0.1, -0.05) is 55.5 Å². The summed E-state index contributed by atoms with van der Waals surface area (Å²) in [6.07, 6.45) is 2.05. The topological polar surface area (TPSA) is 108 Å². The SMILES string of the molecule is CC[C@@]12CCC3(O1)C(C(=O)NCc1ccccc1)N(CCCO)C(=O)[C@@H]3[C@@H]2C(=O)Nc1ccccc1. The minimum atomic E-state index is -1.07. The number of nitrogens with one attached hydrogen (secondary N) is 2. The van der Waals surface area contributed by atoms with E-state index < -0.39 is 29.1 Å². The molecule has 2 unspecified atom stereocenters. The van der Waals surface area contributed by atoms with Crippen molar-refractivity contribution >= 4 is 23.4 Å². The summed E-state index contributed by atoms with van der Waals surface area (Å²) in [6.45, 7) is 2.43. The first-order valence-corrected chi connectivity index (χ1v) is 12.7. The molecule has 3 N–H and O–H groups in total. The van der Waals surface area contributed by atoms with Gasteiger partial charge in [0.2, 0.25) is 17.7 Å². The van der Waals surface area contributed by atoms with Crippen molar-refractivity contribution in [1.82, 2.24) is 10.2 Å². The number of rotatable bonds is 9. The fourth-order valence-corrected chi connectivity index (χ4v) is 6.52.